The van der Waals surface area contributed by atoms with Crippen LogP contribution < -0.4 is 5.32 Å². The van der Waals surface area contributed by atoms with Crippen molar-refractivity contribution in [3.05, 3.63) is 35.5 Å². The number of rotatable bonds is 2. The maximum absolute atomic E-state index is 13.2. The van der Waals surface area contributed by atoms with Crippen molar-refractivity contribution in [2.75, 3.05) is 19.7 Å². The highest BCUT2D eigenvalue weighted by Crippen LogP contribution is 2.24. The average Bonchev–Trinajstić information content (AvgIpc) is 2.95. The Balaban J connectivity index is 1.89. The van der Waals surface area contributed by atoms with Gasteiger partial charge in [0, 0.05) is 18.7 Å². The normalized spacial score (nSPS) is 19.2. The van der Waals surface area contributed by atoms with Crippen LogP contribution in [0.4, 0.5) is 13.2 Å². The second kappa shape index (κ2) is 5.22. The molecule has 3 rings (SSSR count). The Labute approximate surface area is 111 Å². The van der Waals surface area contributed by atoms with Crippen molar-refractivity contribution in [3.63, 3.8) is 0 Å². The highest BCUT2D eigenvalue weighted by Gasteiger charge is 2.23. The minimum Gasteiger partial charge on any atom is -0.366 e. The van der Waals surface area contributed by atoms with Gasteiger partial charge in [0.2, 0.25) is 5.82 Å². The lowest BCUT2D eigenvalue weighted by molar-refractivity contribution is 0.00755. The van der Waals surface area contributed by atoms with Crippen LogP contribution in [-0.4, -0.2) is 29.8 Å². The van der Waals surface area contributed by atoms with E-state index >= 15 is 0 Å². The third-order valence-corrected chi connectivity index (χ3v) is 2.89. The van der Waals surface area contributed by atoms with Gasteiger partial charge in [0.25, 0.3) is 5.89 Å². The van der Waals surface area contributed by atoms with E-state index in [1.54, 1.807) is 0 Å². The van der Waals surface area contributed by atoms with Crippen molar-refractivity contribution < 1.29 is 22.4 Å². The Kier molecular flexibility index (Phi) is 3.41. The van der Waals surface area contributed by atoms with Crippen LogP contribution in [0.15, 0.2) is 16.7 Å². The number of nitrogens with one attached hydrogen (secondary N) is 1. The molecule has 1 N–H and O–H groups in total. The van der Waals surface area contributed by atoms with Gasteiger partial charge in [-0.25, -0.2) is 13.2 Å². The molecule has 1 aromatic carbocycles. The first-order valence-electron chi connectivity index (χ1n) is 5.96. The van der Waals surface area contributed by atoms with Gasteiger partial charge in [-0.3, -0.25) is 0 Å². The van der Waals surface area contributed by atoms with E-state index in [2.05, 4.69) is 15.5 Å². The molecule has 0 amide bonds. The Morgan fingerprint density at radius 2 is 1.95 bits per heavy atom. The molecule has 1 atom stereocenters. The summed E-state index contributed by atoms with van der Waals surface area (Å²) >= 11 is 0. The van der Waals surface area contributed by atoms with Gasteiger partial charge in [0.05, 0.1) is 6.61 Å². The monoisotopic (exact) mass is 285 g/mol. The number of hydrogen-bond donors (Lipinski definition) is 1. The maximum Gasteiger partial charge on any atom is 0.257 e. The molecule has 0 saturated carbocycles. The van der Waals surface area contributed by atoms with Gasteiger partial charge in [-0.05, 0) is 12.1 Å². The van der Waals surface area contributed by atoms with E-state index in [4.69, 9.17) is 9.26 Å². The van der Waals surface area contributed by atoms with Crippen LogP contribution in [0.5, 0.6) is 0 Å². The van der Waals surface area contributed by atoms with Crippen molar-refractivity contribution in [3.8, 4) is 11.4 Å². The molecule has 1 aliphatic heterocycles. The summed E-state index contributed by atoms with van der Waals surface area (Å²) in [7, 11) is 0. The fourth-order valence-electron chi connectivity index (χ4n) is 1.89. The molecule has 8 heteroatoms. The van der Waals surface area contributed by atoms with Crippen molar-refractivity contribution in [2.45, 2.75) is 6.10 Å². The first-order chi connectivity index (χ1) is 9.65. The topological polar surface area (TPSA) is 60.2 Å². The number of nitrogens with zero attached hydrogens (tertiary/aromatic N) is 2. The smallest absolute Gasteiger partial charge is 0.257 e. The van der Waals surface area contributed by atoms with Crippen LogP contribution in [0, 0.1) is 17.5 Å². The predicted octanol–water partition coefficient (Wildman–Crippen LogP) is 1.81. The second-order valence-electron chi connectivity index (χ2n) is 4.27. The van der Waals surface area contributed by atoms with Gasteiger partial charge in [-0.1, -0.05) is 5.16 Å². The summed E-state index contributed by atoms with van der Waals surface area (Å²) in [6.45, 7) is 1.74. The van der Waals surface area contributed by atoms with Crippen LogP contribution in [0.2, 0.25) is 0 Å². The molecular weight excluding hydrogens is 275 g/mol. The molecule has 1 aromatic heterocycles. The zero-order valence-electron chi connectivity index (χ0n) is 10.2. The summed E-state index contributed by atoms with van der Waals surface area (Å²) in [6, 6.07) is 1.63. The summed E-state index contributed by atoms with van der Waals surface area (Å²) in [5.74, 6) is -3.95. The highest BCUT2D eigenvalue weighted by atomic mass is 19.2. The van der Waals surface area contributed by atoms with Gasteiger partial charge < -0.3 is 14.6 Å². The first kappa shape index (κ1) is 13.1. The molecular formula is C12H10F3N3O2. The summed E-state index contributed by atoms with van der Waals surface area (Å²) < 4.78 is 49.6. The largest absolute Gasteiger partial charge is 0.366 e. The number of halogens is 3. The molecule has 2 heterocycles. The molecule has 0 radical (unpaired) electrons. The van der Waals surface area contributed by atoms with Crippen molar-refractivity contribution >= 4 is 0 Å². The van der Waals surface area contributed by atoms with E-state index < -0.39 is 23.6 Å². The standard InChI is InChI=1S/C12H10F3N3O2/c13-7-3-6(4-8(14)10(7)15)11-17-12(20-18-11)9-5-16-1-2-19-9/h3-4,9,16H,1-2,5H2. The minimum atomic E-state index is -1.53. The Morgan fingerprint density at radius 1 is 1.20 bits per heavy atom. The maximum atomic E-state index is 13.2. The van der Waals surface area contributed by atoms with Crippen LogP contribution in [0.3, 0.4) is 0 Å². The minimum absolute atomic E-state index is 0.000156. The van der Waals surface area contributed by atoms with E-state index in [1.807, 2.05) is 0 Å². The molecule has 0 aliphatic carbocycles. The van der Waals surface area contributed by atoms with Crippen LogP contribution in [-0.2, 0) is 4.74 Å². The van der Waals surface area contributed by atoms with Gasteiger partial charge in [0.1, 0.15) is 6.10 Å². The van der Waals surface area contributed by atoms with Crippen molar-refractivity contribution in [1.29, 1.82) is 0 Å². The summed E-state index contributed by atoms with van der Waals surface area (Å²) in [6.07, 6.45) is -0.403. The molecule has 106 valence electrons. The Bertz CT molecular complexity index is 603. The molecule has 1 aliphatic rings. The van der Waals surface area contributed by atoms with Gasteiger partial charge in [0.15, 0.2) is 17.5 Å². The Hall–Kier alpha value is -1.93. The number of hydrogen-bond acceptors (Lipinski definition) is 5. The van der Waals surface area contributed by atoms with E-state index in [0.717, 1.165) is 18.7 Å². The number of morpholine rings is 1. The lowest BCUT2D eigenvalue weighted by atomic mass is 10.2. The van der Waals surface area contributed by atoms with E-state index in [-0.39, 0.29) is 17.3 Å². The third-order valence-electron chi connectivity index (χ3n) is 2.89. The molecule has 0 spiro atoms. The number of aromatic nitrogens is 2. The predicted molar refractivity (Wildman–Crippen MR) is 61.2 cm³/mol. The van der Waals surface area contributed by atoms with E-state index in [9.17, 15) is 13.2 Å². The second-order valence-corrected chi connectivity index (χ2v) is 4.27. The summed E-state index contributed by atoms with van der Waals surface area (Å²) in [5.41, 5.74) is 0.000156. The van der Waals surface area contributed by atoms with Crippen LogP contribution in [0.1, 0.15) is 12.0 Å². The summed E-state index contributed by atoms with van der Waals surface area (Å²) in [4.78, 5) is 4.02. The zero-order chi connectivity index (χ0) is 14.1. The molecule has 2 aromatic rings. The fourth-order valence-corrected chi connectivity index (χ4v) is 1.89. The SMILES string of the molecule is Fc1cc(-c2noc(C3CNCCO3)n2)cc(F)c1F. The summed E-state index contributed by atoms with van der Waals surface area (Å²) in [5, 5.41) is 6.71. The first-order valence-corrected chi connectivity index (χ1v) is 5.96. The average molecular weight is 285 g/mol. The van der Waals surface area contributed by atoms with Crippen LogP contribution >= 0.6 is 0 Å². The van der Waals surface area contributed by atoms with Crippen molar-refractivity contribution in [2.24, 2.45) is 0 Å². The quantitative estimate of drug-likeness (QED) is 0.853. The van der Waals surface area contributed by atoms with E-state index in [1.165, 1.54) is 0 Å². The molecule has 1 unspecified atom stereocenters. The van der Waals surface area contributed by atoms with Crippen molar-refractivity contribution in [1.82, 2.24) is 15.5 Å². The van der Waals surface area contributed by atoms with Crippen LogP contribution in [0.25, 0.3) is 11.4 Å². The van der Waals surface area contributed by atoms with Gasteiger partial charge in [-0.2, -0.15) is 4.98 Å². The van der Waals surface area contributed by atoms with E-state index in [0.29, 0.717) is 13.2 Å². The number of benzene rings is 1. The van der Waals surface area contributed by atoms with Gasteiger partial charge >= 0.3 is 0 Å². The molecule has 0 bridgehead atoms. The molecule has 1 fully saturated rings. The lowest BCUT2D eigenvalue weighted by Gasteiger charge is -2.19. The third kappa shape index (κ3) is 2.39. The lowest BCUT2D eigenvalue weighted by Crippen LogP contribution is -2.33. The Morgan fingerprint density at radius 3 is 2.60 bits per heavy atom. The molecule has 20 heavy (non-hydrogen) atoms. The molecule has 1 saturated heterocycles. The number of ether oxygens (including phenoxy) is 1. The van der Waals surface area contributed by atoms with Gasteiger partial charge in [-0.15, -0.1) is 0 Å². The zero-order valence-corrected chi connectivity index (χ0v) is 10.2. The fraction of sp³-hybridized carbons (Fsp3) is 0.333. The molecule has 5 nitrogen and oxygen atoms in total. The highest BCUT2D eigenvalue weighted by molar-refractivity contribution is 5.54.